The predicted molar refractivity (Wildman–Crippen MR) is 44.4 cm³/mol. The first-order valence-corrected chi connectivity index (χ1v) is 4.22. The van der Waals surface area contributed by atoms with E-state index in [2.05, 4.69) is 0 Å². The van der Waals surface area contributed by atoms with E-state index in [4.69, 9.17) is 9.84 Å². The summed E-state index contributed by atoms with van der Waals surface area (Å²) in [5.41, 5.74) is 0. The molecule has 0 saturated carbocycles. The van der Waals surface area contributed by atoms with Gasteiger partial charge in [-0.3, -0.25) is 4.90 Å². The fourth-order valence-electron chi connectivity index (χ4n) is 1.41. The highest BCUT2D eigenvalue weighted by atomic mass is 16.6. The number of aliphatic carboxylic acids is 1. The highest BCUT2D eigenvalue weighted by Crippen LogP contribution is 2.16. The minimum absolute atomic E-state index is 0.145. The van der Waals surface area contributed by atoms with Crippen molar-refractivity contribution in [1.29, 1.82) is 0 Å². The minimum atomic E-state index is -0.967. The van der Waals surface area contributed by atoms with Gasteiger partial charge in [0.15, 0.2) is 0 Å². The molecule has 5 nitrogen and oxygen atoms in total. The Morgan fingerprint density at radius 3 is 2.69 bits per heavy atom. The van der Waals surface area contributed by atoms with Crippen molar-refractivity contribution in [3.8, 4) is 0 Å². The molecule has 5 heteroatoms. The van der Waals surface area contributed by atoms with Crippen LogP contribution >= 0.6 is 0 Å². The fraction of sp³-hybridized carbons (Fsp3) is 0.750. The molecule has 0 aromatic carbocycles. The van der Waals surface area contributed by atoms with Crippen LogP contribution in [0.3, 0.4) is 0 Å². The number of hydrogen-bond donors (Lipinski definition) is 1. The molecule has 0 aliphatic carbocycles. The number of amides is 1. The van der Waals surface area contributed by atoms with Crippen LogP contribution in [0.5, 0.6) is 0 Å². The van der Waals surface area contributed by atoms with Gasteiger partial charge < -0.3 is 9.84 Å². The SMILES string of the molecule is CC(C)N1C(=O)OCCC1C(=O)O. The van der Waals surface area contributed by atoms with Crippen LogP contribution in [0.4, 0.5) is 4.79 Å². The van der Waals surface area contributed by atoms with Crippen LogP contribution in [0.25, 0.3) is 0 Å². The lowest BCUT2D eigenvalue weighted by Crippen LogP contribution is -2.52. The number of carbonyl (C=O) groups excluding carboxylic acids is 1. The summed E-state index contributed by atoms with van der Waals surface area (Å²) in [6.45, 7) is 3.73. The summed E-state index contributed by atoms with van der Waals surface area (Å²) in [7, 11) is 0. The van der Waals surface area contributed by atoms with Crippen molar-refractivity contribution in [2.45, 2.75) is 32.4 Å². The molecule has 0 aromatic heterocycles. The van der Waals surface area contributed by atoms with Crippen molar-refractivity contribution < 1.29 is 19.4 Å². The highest BCUT2D eigenvalue weighted by molar-refractivity contribution is 5.81. The molecule has 74 valence electrons. The number of nitrogens with zero attached hydrogens (tertiary/aromatic N) is 1. The van der Waals surface area contributed by atoms with E-state index in [1.54, 1.807) is 13.8 Å². The molecule has 13 heavy (non-hydrogen) atoms. The molecule has 1 aliphatic rings. The van der Waals surface area contributed by atoms with Gasteiger partial charge in [-0.1, -0.05) is 0 Å². The van der Waals surface area contributed by atoms with Crippen molar-refractivity contribution in [2.24, 2.45) is 0 Å². The summed E-state index contributed by atoms with van der Waals surface area (Å²) in [5.74, 6) is -0.967. The van der Waals surface area contributed by atoms with Crippen LogP contribution < -0.4 is 0 Å². The van der Waals surface area contributed by atoms with Gasteiger partial charge in [0.05, 0.1) is 6.61 Å². The van der Waals surface area contributed by atoms with Gasteiger partial charge in [-0.25, -0.2) is 9.59 Å². The third-order valence-electron chi connectivity index (χ3n) is 2.00. The van der Waals surface area contributed by atoms with E-state index in [1.165, 1.54) is 4.90 Å². The van der Waals surface area contributed by atoms with E-state index in [-0.39, 0.29) is 12.6 Å². The maximum Gasteiger partial charge on any atom is 0.410 e. The van der Waals surface area contributed by atoms with Gasteiger partial charge in [0, 0.05) is 12.5 Å². The molecular weight excluding hydrogens is 174 g/mol. The van der Waals surface area contributed by atoms with E-state index in [0.717, 1.165) is 0 Å². The molecule has 1 aliphatic heterocycles. The second kappa shape index (κ2) is 3.64. The van der Waals surface area contributed by atoms with E-state index >= 15 is 0 Å². The van der Waals surface area contributed by atoms with Crippen LogP contribution in [0.2, 0.25) is 0 Å². The molecule has 1 fully saturated rings. The highest BCUT2D eigenvalue weighted by Gasteiger charge is 2.36. The average molecular weight is 187 g/mol. The van der Waals surface area contributed by atoms with Crippen molar-refractivity contribution >= 4 is 12.1 Å². The van der Waals surface area contributed by atoms with Gasteiger partial charge in [-0.2, -0.15) is 0 Å². The van der Waals surface area contributed by atoms with Gasteiger partial charge in [-0.05, 0) is 13.8 Å². The maximum absolute atomic E-state index is 11.2. The third-order valence-corrected chi connectivity index (χ3v) is 2.00. The summed E-state index contributed by atoms with van der Waals surface area (Å²) in [6.07, 6.45) is -0.173. The first-order valence-electron chi connectivity index (χ1n) is 4.22. The summed E-state index contributed by atoms with van der Waals surface area (Å²) in [5, 5.41) is 8.83. The number of ether oxygens (including phenoxy) is 1. The topological polar surface area (TPSA) is 66.8 Å². The molecule has 0 bridgehead atoms. The zero-order chi connectivity index (χ0) is 10.0. The molecule has 0 radical (unpaired) electrons. The quantitative estimate of drug-likeness (QED) is 0.690. The maximum atomic E-state index is 11.2. The van der Waals surface area contributed by atoms with E-state index < -0.39 is 18.1 Å². The Morgan fingerprint density at radius 1 is 1.69 bits per heavy atom. The number of cyclic esters (lactones) is 1. The second-order valence-electron chi connectivity index (χ2n) is 3.26. The molecule has 0 aromatic rings. The molecule has 1 atom stereocenters. The lowest BCUT2D eigenvalue weighted by atomic mass is 10.1. The zero-order valence-corrected chi connectivity index (χ0v) is 7.69. The molecular formula is C8H13NO4. The normalized spacial score (nSPS) is 23.2. The van der Waals surface area contributed by atoms with E-state index in [9.17, 15) is 9.59 Å². The fourth-order valence-corrected chi connectivity index (χ4v) is 1.41. The lowest BCUT2D eigenvalue weighted by Gasteiger charge is -2.35. The predicted octanol–water partition coefficient (Wildman–Crippen LogP) is 0.690. The number of carbonyl (C=O) groups is 2. The molecule has 1 N–H and O–H groups in total. The van der Waals surface area contributed by atoms with Gasteiger partial charge in [-0.15, -0.1) is 0 Å². The van der Waals surface area contributed by atoms with Gasteiger partial charge >= 0.3 is 12.1 Å². The van der Waals surface area contributed by atoms with Crippen LogP contribution in [-0.2, 0) is 9.53 Å². The largest absolute Gasteiger partial charge is 0.480 e. The zero-order valence-electron chi connectivity index (χ0n) is 7.69. The molecule has 1 saturated heterocycles. The second-order valence-corrected chi connectivity index (χ2v) is 3.26. The summed E-state index contributed by atoms with van der Waals surface area (Å²) < 4.78 is 4.76. The number of carboxylic acids is 1. The van der Waals surface area contributed by atoms with Crippen LogP contribution in [0.15, 0.2) is 0 Å². The van der Waals surface area contributed by atoms with Gasteiger partial charge in [0.1, 0.15) is 6.04 Å². The standard InChI is InChI=1S/C8H13NO4/c1-5(2)9-6(7(10)11)3-4-13-8(9)12/h5-6H,3-4H2,1-2H3,(H,10,11). The Kier molecular flexibility index (Phi) is 2.75. The third kappa shape index (κ3) is 1.91. The smallest absolute Gasteiger partial charge is 0.410 e. The number of carboxylic acid groups (broad SMARTS) is 1. The first-order chi connectivity index (χ1) is 6.04. The Balaban J connectivity index is 2.80. The molecule has 1 rings (SSSR count). The molecule has 1 unspecified atom stereocenters. The Hall–Kier alpha value is -1.26. The summed E-state index contributed by atoms with van der Waals surface area (Å²) >= 11 is 0. The monoisotopic (exact) mass is 187 g/mol. The Labute approximate surface area is 76.3 Å². The van der Waals surface area contributed by atoms with Gasteiger partial charge in [0.25, 0.3) is 0 Å². The summed E-state index contributed by atoms with van der Waals surface area (Å²) in [4.78, 5) is 23.2. The van der Waals surface area contributed by atoms with Crippen molar-refractivity contribution in [3.63, 3.8) is 0 Å². The number of hydrogen-bond acceptors (Lipinski definition) is 3. The van der Waals surface area contributed by atoms with E-state index in [0.29, 0.717) is 6.42 Å². The van der Waals surface area contributed by atoms with Crippen molar-refractivity contribution in [2.75, 3.05) is 6.61 Å². The van der Waals surface area contributed by atoms with Crippen LogP contribution in [-0.4, -0.2) is 40.8 Å². The van der Waals surface area contributed by atoms with Crippen LogP contribution in [0, 0.1) is 0 Å². The minimum Gasteiger partial charge on any atom is -0.480 e. The molecule has 1 heterocycles. The molecule has 1 amide bonds. The Bertz CT molecular complexity index is 226. The Morgan fingerprint density at radius 2 is 2.31 bits per heavy atom. The first kappa shape index (κ1) is 9.83. The number of rotatable bonds is 2. The van der Waals surface area contributed by atoms with Gasteiger partial charge in [0.2, 0.25) is 0 Å². The average Bonchev–Trinajstić information content (AvgIpc) is 2.02. The lowest BCUT2D eigenvalue weighted by molar-refractivity contribution is -0.145. The van der Waals surface area contributed by atoms with Crippen molar-refractivity contribution in [1.82, 2.24) is 4.90 Å². The summed E-state index contributed by atoms with van der Waals surface area (Å²) in [6, 6.07) is -0.879. The van der Waals surface area contributed by atoms with Crippen molar-refractivity contribution in [3.05, 3.63) is 0 Å². The van der Waals surface area contributed by atoms with Crippen LogP contribution in [0.1, 0.15) is 20.3 Å². The molecule has 0 spiro atoms. The van der Waals surface area contributed by atoms with E-state index in [1.807, 2.05) is 0 Å².